The molecule has 0 saturated heterocycles. The number of anilines is 1. The van der Waals surface area contributed by atoms with Crippen LogP contribution in [0.4, 0.5) is 23.4 Å². The minimum absolute atomic E-state index is 0.00127. The van der Waals surface area contributed by atoms with Crippen LogP contribution in [0, 0.1) is 11.6 Å². The van der Waals surface area contributed by atoms with Crippen molar-refractivity contribution in [1.82, 2.24) is 19.9 Å². The van der Waals surface area contributed by atoms with Crippen LogP contribution in [-0.4, -0.2) is 32.5 Å². The summed E-state index contributed by atoms with van der Waals surface area (Å²) in [5.74, 6) is -3.87. The van der Waals surface area contributed by atoms with Crippen LogP contribution in [0.3, 0.4) is 0 Å². The number of rotatable bonds is 5. The molecule has 1 aliphatic rings. The lowest BCUT2D eigenvalue weighted by Gasteiger charge is -2.28. The standard InChI is InChI=1S/C20H19F4N5O/c21-13-1-2-16(22)12(9-13)10-25-17-5-8-29-18(28-17)15(11-26-29)19(30)27-14-3-6-20(23,24)7-4-14/h1-2,5,8-9,11,14H,3-4,6-7,10H2,(H,25,28)(H,27,30). The normalized spacial score (nSPS) is 16.5. The Labute approximate surface area is 169 Å². The van der Waals surface area contributed by atoms with Crippen LogP contribution in [0.1, 0.15) is 41.6 Å². The minimum Gasteiger partial charge on any atom is -0.366 e. The van der Waals surface area contributed by atoms with Gasteiger partial charge in [0.25, 0.3) is 5.91 Å². The van der Waals surface area contributed by atoms with Gasteiger partial charge in [-0.25, -0.2) is 27.1 Å². The molecule has 1 aromatic carbocycles. The van der Waals surface area contributed by atoms with Crippen molar-refractivity contribution in [3.05, 3.63) is 59.4 Å². The average molecular weight is 421 g/mol. The van der Waals surface area contributed by atoms with Gasteiger partial charge in [-0.05, 0) is 37.1 Å². The van der Waals surface area contributed by atoms with Gasteiger partial charge in [-0.1, -0.05) is 0 Å². The molecule has 0 bridgehead atoms. The highest BCUT2D eigenvalue weighted by Gasteiger charge is 2.35. The number of hydrogen-bond acceptors (Lipinski definition) is 4. The maximum atomic E-state index is 13.8. The second-order valence-corrected chi connectivity index (χ2v) is 7.33. The Kier molecular flexibility index (Phi) is 5.31. The average Bonchev–Trinajstić information content (AvgIpc) is 3.13. The zero-order chi connectivity index (χ0) is 21.3. The van der Waals surface area contributed by atoms with E-state index in [9.17, 15) is 22.4 Å². The first-order valence-electron chi connectivity index (χ1n) is 9.52. The number of halogens is 4. The summed E-state index contributed by atoms with van der Waals surface area (Å²) in [6.45, 7) is -0.00127. The Morgan fingerprint density at radius 2 is 1.97 bits per heavy atom. The molecule has 3 aromatic rings. The van der Waals surface area contributed by atoms with E-state index in [0.29, 0.717) is 5.82 Å². The lowest BCUT2D eigenvalue weighted by Crippen LogP contribution is -2.40. The predicted molar refractivity (Wildman–Crippen MR) is 101 cm³/mol. The Balaban J connectivity index is 1.47. The molecule has 1 aliphatic carbocycles. The van der Waals surface area contributed by atoms with Crippen LogP contribution >= 0.6 is 0 Å². The van der Waals surface area contributed by atoms with Crippen molar-refractivity contribution in [3.63, 3.8) is 0 Å². The molecule has 30 heavy (non-hydrogen) atoms. The topological polar surface area (TPSA) is 71.3 Å². The number of hydrogen-bond donors (Lipinski definition) is 2. The van der Waals surface area contributed by atoms with Crippen LogP contribution in [0.15, 0.2) is 36.7 Å². The smallest absolute Gasteiger partial charge is 0.256 e. The first-order chi connectivity index (χ1) is 14.3. The van der Waals surface area contributed by atoms with Gasteiger partial charge in [0.1, 0.15) is 23.0 Å². The van der Waals surface area contributed by atoms with Crippen molar-refractivity contribution in [3.8, 4) is 0 Å². The number of alkyl halides is 2. The molecule has 2 N–H and O–H groups in total. The summed E-state index contributed by atoms with van der Waals surface area (Å²) >= 11 is 0. The molecule has 6 nitrogen and oxygen atoms in total. The molecule has 2 heterocycles. The molecule has 158 valence electrons. The highest BCUT2D eigenvalue weighted by Crippen LogP contribution is 2.33. The summed E-state index contributed by atoms with van der Waals surface area (Å²) in [4.78, 5) is 17.0. The molecule has 0 radical (unpaired) electrons. The summed E-state index contributed by atoms with van der Waals surface area (Å²) < 4.78 is 55.1. The third kappa shape index (κ3) is 4.37. The SMILES string of the molecule is O=C(NC1CCC(F)(F)CC1)c1cnn2ccc(NCc3cc(F)ccc3F)nc12. The summed E-state index contributed by atoms with van der Waals surface area (Å²) in [7, 11) is 0. The van der Waals surface area contributed by atoms with Crippen LogP contribution in [-0.2, 0) is 6.54 Å². The molecule has 0 aliphatic heterocycles. The maximum absolute atomic E-state index is 13.8. The van der Waals surface area contributed by atoms with Crippen molar-refractivity contribution >= 4 is 17.4 Å². The van der Waals surface area contributed by atoms with Crippen LogP contribution < -0.4 is 10.6 Å². The second-order valence-electron chi connectivity index (χ2n) is 7.33. The van der Waals surface area contributed by atoms with Crippen LogP contribution in [0.5, 0.6) is 0 Å². The summed E-state index contributed by atoms with van der Waals surface area (Å²) in [5.41, 5.74) is 0.600. The van der Waals surface area contributed by atoms with Crippen molar-refractivity contribution in [2.75, 3.05) is 5.32 Å². The van der Waals surface area contributed by atoms with Gasteiger partial charge >= 0.3 is 0 Å². The largest absolute Gasteiger partial charge is 0.366 e. The summed E-state index contributed by atoms with van der Waals surface area (Å²) in [6, 6.07) is 4.43. The number of carbonyl (C=O) groups is 1. The third-order valence-electron chi connectivity index (χ3n) is 5.13. The predicted octanol–water partition coefficient (Wildman–Crippen LogP) is 3.93. The van der Waals surface area contributed by atoms with Crippen LogP contribution in [0.2, 0.25) is 0 Å². The van der Waals surface area contributed by atoms with Crippen molar-refractivity contribution in [1.29, 1.82) is 0 Å². The van der Waals surface area contributed by atoms with Gasteiger partial charge < -0.3 is 10.6 Å². The summed E-state index contributed by atoms with van der Waals surface area (Å²) in [6.07, 6.45) is 2.83. The zero-order valence-corrected chi connectivity index (χ0v) is 15.8. The Bertz CT molecular complexity index is 1070. The van der Waals surface area contributed by atoms with E-state index in [0.717, 1.165) is 18.2 Å². The number of nitrogens with zero attached hydrogens (tertiary/aromatic N) is 3. The van der Waals surface area contributed by atoms with Gasteiger partial charge in [0.15, 0.2) is 5.65 Å². The molecule has 1 amide bonds. The number of amides is 1. The van der Waals surface area contributed by atoms with Crippen molar-refractivity contribution in [2.24, 2.45) is 0 Å². The van der Waals surface area contributed by atoms with E-state index in [1.165, 1.54) is 10.7 Å². The van der Waals surface area contributed by atoms with E-state index in [1.807, 2.05) is 0 Å². The molecular weight excluding hydrogens is 402 g/mol. The molecule has 0 unspecified atom stereocenters. The van der Waals surface area contributed by atoms with E-state index in [1.54, 1.807) is 12.3 Å². The van der Waals surface area contributed by atoms with E-state index >= 15 is 0 Å². The third-order valence-corrected chi connectivity index (χ3v) is 5.13. The fourth-order valence-corrected chi connectivity index (χ4v) is 3.44. The first kappa shape index (κ1) is 20.1. The van der Waals surface area contributed by atoms with Gasteiger partial charge in [0.2, 0.25) is 5.92 Å². The van der Waals surface area contributed by atoms with E-state index in [2.05, 4.69) is 20.7 Å². The summed E-state index contributed by atoms with van der Waals surface area (Å²) in [5, 5.41) is 9.74. The van der Waals surface area contributed by atoms with Gasteiger partial charge in [0.05, 0.1) is 6.20 Å². The first-order valence-corrected chi connectivity index (χ1v) is 9.52. The fraction of sp³-hybridized carbons (Fsp3) is 0.350. The number of nitrogens with one attached hydrogen (secondary N) is 2. The molecule has 4 rings (SSSR count). The highest BCUT2D eigenvalue weighted by molar-refractivity contribution is 5.99. The fourth-order valence-electron chi connectivity index (χ4n) is 3.44. The maximum Gasteiger partial charge on any atom is 0.256 e. The van der Waals surface area contributed by atoms with Gasteiger partial charge in [0, 0.05) is 37.2 Å². The molecule has 0 atom stereocenters. The minimum atomic E-state index is -2.67. The van der Waals surface area contributed by atoms with E-state index < -0.39 is 23.5 Å². The lowest BCUT2D eigenvalue weighted by molar-refractivity contribution is -0.0399. The molecule has 10 heteroatoms. The molecule has 2 aromatic heterocycles. The number of fused-ring (bicyclic) bond motifs is 1. The lowest BCUT2D eigenvalue weighted by atomic mass is 9.92. The van der Waals surface area contributed by atoms with Crippen molar-refractivity contribution in [2.45, 2.75) is 44.2 Å². The van der Waals surface area contributed by atoms with E-state index in [-0.39, 0.29) is 55.0 Å². The Hall–Kier alpha value is -3.17. The number of carbonyl (C=O) groups excluding carboxylic acids is 1. The van der Waals surface area contributed by atoms with E-state index in [4.69, 9.17) is 0 Å². The zero-order valence-electron chi connectivity index (χ0n) is 15.8. The van der Waals surface area contributed by atoms with Crippen molar-refractivity contribution < 1.29 is 22.4 Å². The second kappa shape index (κ2) is 7.92. The van der Waals surface area contributed by atoms with Gasteiger partial charge in [-0.2, -0.15) is 5.10 Å². The van der Waals surface area contributed by atoms with Gasteiger partial charge in [-0.15, -0.1) is 0 Å². The number of aromatic nitrogens is 3. The molecule has 1 saturated carbocycles. The Morgan fingerprint density at radius 1 is 1.20 bits per heavy atom. The highest BCUT2D eigenvalue weighted by atomic mass is 19.3. The molecule has 0 spiro atoms. The quantitative estimate of drug-likeness (QED) is 0.613. The van der Waals surface area contributed by atoms with Crippen LogP contribution in [0.25, 0.3) is 5.65 Å². The molecule has 1 fully saturated rings. The Morgan fingerprint density at radius 3 is 2.73 bits per heavy atom. The van der Waals surface area contributed by atoms with Gasteiger partial charge in [-0.3, -0.25) is 4.79 Å². The molecular formula is C20H19F4N5O. The number of benzene rings is 1. The monoisotopic (exact) mass is 421 g/mol.